The molecule has 0 aliphatic carbocycles. The molecule has 0 spiro atoms. The SMILES string of the molecule is COCCN(CCOC)C(=O)COC(=O)c1cc(S(=O)(=O)N2CCCCCC2)ccc1OC. The lowest BCUT2D eigenvalue weighted by Crippen LogP contribution is -2.39. The Labute approximate surface area is 195 Å². The first-order valence-electron chi connectivity index (χ1n) is 11.0. The summed E-state index contributed by atoms with van der Waals surface area (Å²) in [6, 6.07) is 4.09. The van der Waals surface area contributed by atoms with E-state index < -0.39 is 28.5 Å². The number of amides is 1. The van der Waals surface area contributed by atoms with Gasteiger partial charge in [-0.05, 0) is 31.0 Å². The van der Waals surface area contributed by atoms with Gasteiger partial charge in [-0.25, -0.2) is 13.2 Å². The number of carbonyl (C=O) groups excluding carboxylic acids is 2. The largest absolute Gasteiger partial charge is 0.496 e. The van der Waals surface area contributed by atoms with E-state index in [1.165, 1.54) is 48.7 Å². The van der Waals surface area contributed by atoms with Crippen LogP contribution in [0.25, 0.3) is 0 Å². The second-order valence-corrected chi connectivity index (χ2v) is 9.56. The van der Waals surface area contributed by atoms with Crippen LogP contribution in [0.3, 0.4) is 0 Å². The fourth-order valence-electron chi connectivity index (χ4n) is 3.50. The van der Waals surface area contributed by atoms with E-state index >= 15 is 0 Å². The average Bonchev–Trinajstić information content (AvgIpc) is 3.12. The molecule has 1 aromatic rings. The summed E-state index contributed by atoms with van der Waals surface area (Å²) >= 11 is 0. The molecule has 0 saturated carbocycles. The van der Waals surface area contributed by atoms with Crippen molar-refractivity contribution in [2.24, 2.45) is 0 Å². The van der Waals surface area contributed by atoms with Crippen molar-refractivity contribution in [1.82, 2.24) is 9.21 Å². The van der Waals surface area contributed by atoms with Crippen LogP contribution in [-0.2, 0) is 29.0 Å². The van der Waals surface area contributed by atoms with Gasteiger partial charge in [0.2, 0.25) is 10.0 Å². The lowest BCUT2D eigenvalue weighted by atomic mass is 10.2. The molecule has 1 saturated heterocycles. The van der Waals surface area contributed by atoms with Gasteiger partial charge in [0, 0.05) is 40.4 Å². The summed E-state index contributed by atoms with van der Waals surface area (Å²) in [6.07, 6.45) is 3.59. The van der Waals surface area contributed by atoms with Gasteiger partial charge in [-0.1, -0.05) is 12.8 Å². The molecule has 0 unspecified atom stereocenters. The number of rotatable bonds is 12. The summed E-state index contributed by atoms with van der Waals surface area (Å²) in [6.45, 7) is 1.69. The second kappa shape index (κ2) is 13.5. The standard InChI is InChI=1S/C22H34N2O8S/c1-29-14-12-23(13-15-30-2)21(25)17-32-22(26)19-16-18(8-9-20(19)31-3)33(27,28)24-10-6-4-5-7-11-24/h8-9,16H,4-7,10-15,17H2,1-3H3. The second-order valence-electron chi connectivity index (χ2n) is 7.62. The lowest BCUT2D eigenvalue weighted by molar-refractivity contribution is -0.135. The van der Waals surface area contributed by atoms with Gasteiger partial charge in [-0.3, -0.25) is 4.79 Å². The first kappa shape index (κ1) is 27.0. The quantitative estimate of drug-likeness (QED) is 0.409. The Kier molecular flexibility index (Phi) is 11.0. The van der Waals surface area contributed by atoms with Crippen molar-refractivity contribution in [3.8, 4) is 5.75 Å². The minimum atomic E-state index is -3.76. The van der Waals surface area contributed by atoms with Crippen LogP contribution in [0.2, 0.25) is 0 Å². The van der Waals surface area contributed by atoms with Crippen molar-refractivity contribution in [2.45, 2.75) is 30.6 Å². The van der Waals surface area contributed by atoms with Crippen molar-refractivity contribution in [1.29, 1.82) is 0 Å². The van der Waals surface area contributed by atoms with Crippen LogP contribution in [0.5, 0.6) is 5.75 Å². The molecule has 1 fully saturated rings. The summed E-state index contributed by atoms with van der Waals surface area (Å²) in [5.41, 5.74) is -0.0541. The molecule has 0 bridgehead atoms. The zero-order valence-corrected chi connectivity index (χ0v) is 20.4. The highest BCUT2D eigenvalue weighted by Gasteiger charge is 2.28. The van der Waals surface area contributed by atoms with E-state index in [1.54, 1.807) is 0 Å². The summed E-state index contributed by atoms with van der Waals surface area (Å²) in [5, 5.41) is 0. The number of hydrogen-bond donors (Lipinski definition) is 0. The maximum atomic E-state index is 13.1. The predicted molar refractivity (Wildman–Crippen MR) is 121 cm³/mol. The maximum absolute atomic E-state index is 13.1. The zero-order valence-electron chi connectivity index (χ0n) is 19.6. The van der Waals surface area contributed by atoms with Crippen molar-refractivity contribution in [2.75, 3.05) is 67.3 Å². The van der Waals surface area contributed by atoms with Crippen LogP contribution >= 0.6 is 0 Å². The van der Waals surface area contributed by atoms with Crippen LogP contribution in [0.4, 0.5) is 0 Å². The monoisotopic (exact) mass is 486 g/mol. The van der Waals surface area contributed by atoms with Crippen molar-refractivity contribution in [3.05, 3.63) is 23.8 Å². The Morgan fingerprint density at radius 2 is 1.58 bits per heavy atom. The number of nitrogens with zero attached hydrogens (tertiary/aromatic N) is 2. The van der Waals surface area contributed by atoms with Crippen LogP contribution < -0.4 is 4.74 Å². The van der Waals surface area contributed by atoms with Crippen LogP contribution in [0, 0.1) is 0 Å². The number of methoxy groups -OCH3 is 3. The Morgan fingerprint density at radius 1 is 0.970 bits per heavy atom. The summed E-state index contributed by atoms with van der Waals surface area (Å²) in [7, 11) is 0.659. The topological polar surface area (TPSA) is 112 Å². The van der Waals surface area contributed by atoms with Crippen molar-refractivity contribution in [3.63, 3.8) is 0 Å². The fraction of sp³-hybridized carbons (Fsp3) is 0.636. The number of hydrogen-bond acceptors (Lipinski definition) is 8. The molecule has 0 aromatic heterocycles. The molecular weight excluding hydrogens is 452 g/mol. The number of esters is 1. The average molecular weight is 487 g/mol. The molecule has 1 aromatic carbocycles. The first-order chi connectivity index (χ1) is 15.8. The normalized spacial score (nSPS) is 15.0. The molecule has 0 atom stereocenters. The van der Waals surface area contributed by atoms with E-state index in [2.05, 4.69) is 0 Å². The molecule has 11 heteroatoms. The van der Waals surface area contributed by atoms with Crippen LogP contribution in [0.1, 0.15) is 36.0 Å². The van der Waals surface area contributed by atoms with Gasteiger partial charge in [0.25, 0.3) is 5.91 Å². The molecule has 2 rings (SSSR count). The molecular formula is C22H34N2O8S. The molecule has 1 aliphatic rings. The molecule has 1 amide bonds. The van der Waals surface area contributed by atoms with Crippen molar-refractivity contribution < 1.29 is 37.0 Å². The maximum Gasteiger partial charge on any atom is 0.342 e. The van der Waals surface area contributed by atoms with Crippen molar-refractivity contribution >= 4 is 21.9 Å². The smallest absolute Gasteiger partial charge is 0.342 e. The van der Waals surface area contributed by atoms with Gasteiger partial charge in [-0.15, -0.1) is 0 Å². The third-order valence-corrected chi connectivity index (χ3v) is 7.30. The third-order valence-electron chi connectivity index (χ3n) is 5.40. The molecule has 33 heavy (non-hydrogen) atoms. The molecule has 1 aliphatic heterocycles. The molecule has 0 radical (unpaired) electrons. The number of ether oxygens (including phenoxy) is 4. The Bertz CT molecular complexity index is 874. The van der Waals surface area contributed by atoms with E-state index in [1.807, 2.05) is 0 Å². The summed E-state index contributed by atoms with van der Waals surface area (Å²) in [4.78, 5) is 26.7. The Morgan fingerprint density at radius 3 is 2.12 bits per heavy atom. The Hall–Kier alpha value is -2.21. The number of sulfonamides is 1. The summed E-state index contributed by atoms with van der Waals surface area (Å²) < 4.78 is 48.1. The van der Waals surface area contributed by atoms with E-state index in [9.17, 15) is 18.0 Å². The van der Waals surface area contributed by atoms with E-state index in [0.717, 1.165) is 25.7 Å². The summed E-state index contributed by atoms with van der Waals surface area (Å²) in [5.74, 6) is -1.09. The first-order valence-corrected chi connectivity index (χ1v) is 12.4. The minimum absolute atomic E-state index is 0.00899. The lowest BCUT2D eigenvalue weighted by Gasteiger charge is -2.22. The molecule has 1 heterocycles. The highest BCUT2D eigenvalue weighted by molar-refractivity contribution is 7.89. The van der Waals surface area contributed by atoms with Crippen LogP contribution in [0.15, 0.2) is 23.1 Å². The van der Waals surface area contributed by atoms with Gasteiger partial charge in [-0.2, -0.15) is 4.31 Å². The number of carbonyl (C=O) groups is 2. The van der Waals surface area contributed by atoms with E-state index in [0.29, 0.717) is 39.4 Å². The molecule has 10 nitrogen and oxygen atoms in total. The highest BCUT2D eigenvalue weighted by Crippen LogP contribution is 2.26. The van der Waals surface area contributed by atoms with E-state index in [4.69, 9.17) is 18.9 Å². The van der Waals surface area contributed by atoms with Gasteiger partial charge < -0.3 is 23.8 Å². The predicted octanol–water partition coefficient (Wildman–Crippen LogP) is 1.54. The zero-order chi connectivity index (χ0) is 24.3. The van der Waals surface area contributed by atoms with Crippen LogP contribution in [-0.4, -0.2) is 96.8 Å². The fourth-order valence-corrected chi connectivity index (χ4v) is 5.04. The Balaban J connectivity index is 2.15. The number of benzene rings is 1. The van der Waals surface area contributed by atoms with Gasteiger partial charge >= 0.3 is 5.97 Å². The van der Waals surface area contributed by atoms with Gasteiger partial charge in [0.05, 0.1) is 25.2 Å². The third kappa shape index (κ3) is 7.66. The molecule has 0 N–H and O–H groups in total. The highest BCUT2D eigenvalue weighted by atomic mass is 32.2. The van der Waals surface area contributed by atoms with Gasteiger partial charge in [0.15, 0.2) is 6.61 Å². The van der Waals surface area contributed by atoms with Gasteiger partial charge in [0.1, 0.15) is 11.3 Å². The van der Waals surface area contributed by atoms with E-state index in [-0.39, 0.29) is 16.2 Å². The molecule has 186 valence electrons. The minimum Gasteiger partial charge on any atom is -0.496 e.